The van der Waals surface area contributed by atoms with Crippen molar-refractivity contribution in [2.75, 3.05) is 14.2 Å². The predicted octanol–water partition coefficient (Wildman–Crippen LogP) is 2.81. The van der Waals surface area contributed by atoms with Crippen molar-refractivity contribution in [3.05, 3.63) is 40.8 Å². The van der Waals surface area contributed by atoms with E-state index in [0.29, 0.717) is 5.56 Å². The summed E-state index contributed by atoms with van der Waals surface area (Å²) < 4.78 is 21.2. The van der Waals surface area contributed by atoms with Crippen LogP contribution in [0.5, 0.6) is 28.7 Å². The molecule has 0 spiro atoms. The summed E-state index contributed by atoms with van der Waals surface area (Å²) in [5.74, 6) is -1.21. The van der Waals surface area contributed by atoms with Crippen LogP contribution in [0.3, 0.4) is 0 Å². The molecule has 0 amide bonds. The lowest BCUT2D eigenvalue weighted by Gasteiger charge is -2.14. The molecule has 27 heavy (non-hydrogen) atoms. The van der Waals surface area contributed by atoms with E-state index in [4.69, 9.17) is 18.6 Å². The van der Waals surface area contributed by atoms with Gasteiger partial charge < -0.3 is 28.8 Å². The Morgan fingerprint density at radius 2 is 1.78 bits per heavy atom. The first kappa shape index (κ1) is 18.1. The fraction of sp³-hybridized carbons (Fsp3) is 0.158. The molecule has 3 rings (SSSR count). The van der Waals surface area contributed by atoms with Gasteiger partial charge in [-0.15, -0.1) is 0 Å². The molecule has 2 N–H and O–H groups in total. The Hall–Kier alpha value is -3.68. The molecule has 0 saturated heterocycles. The summed E-state index contributed by atoms with van der Waals surface area (Å²) in [7, 11) is 2.69. The van der Waals surface area contributed by atoms with E-state index in [-0.39, 0.29) is 45.3 Å². The number of ether oxygens (including phenoxy) is 3. The summed E-state index contributed by atoms with van der Waals surface area (Å²) in [6.07, 6.45) is 1.22. The maximum absolute atomic E-state index is 13.1. The number of hydrogen-bond acceptors (Lipinski definition) is 8. The van der Waals surface area contributed by atoms with Crippen molar-refractivity contribution in [3.8, 4) is 39.9 Å². The van der Waals surface area contributed by atoms with E-state index in [9.17, 15) is 19.8 Å². The lowest BCUT2D eigenvalue weighted by atomic mass is 10.0. The summed E-state index contributed by atoms with van der Waals surface area (Å²) in [6.45, 7) is 1.21. The zero-order chi connectivity index (χ0) is 19.7. The fourth-order valence-corrected chi connectivity index (χ4v) is 2.69. The van der Waals surface area contributed by atoms with Gasteiger partial charge in [0.05, 0.1) is 19.8 Å². The molecule has 0 aliphatic carbocycles. The van der Waals surface area contributed by atoms with Crippen LogP contribution in [0.4, 0.5) is 0 Å². The highest BCUT2D eigenvalue weighted by molar-refractivity contribution is 5.92. The Kier molecular flexibility index (Phi) is 4.64. The molecular formula is C19H16O8. The highest BCUT2D eigenvalue weighted by Crippen LogP contribution is 2.43. The van der Waals surface area contributed by atoms with E-state index in [0.717, 1.165) is 0 Å². The van der Waals surface area contributed by atoms with Crippen molar-refractivity contribution < 1.29 is 33.6 Å². The van der Waals surface area contributed by atoms with Crippen LogP contribution in [0.15, 0.2) is 39.7 Å². The van der Waals surface area contributed by atoms with Gasteiger partial charge in [0.2, 0.25) is 11.2 Å². The quantitative estimate of drug-likeness (QED) is 0.408. The summed E-state index contributed by atoms with van der Waals surface area (Å²) in [5.41, 5.74) is 0.133. The second kappa shape index (κ2) is 6.91. The number of aromatic hydroxyl groups is 2. The van der Waals surface area contributed by atoms with Gasteiger partial charge in [0, 0.05) is 13.0 Å². The molecule has 0 saturated carbocycles. The first-order chi connectivity index (χ1) is 12.9. The van der Waals surface area contributed by atoms with Crippen LogP contribution in [0.25, 0.3) is 22.1 Å². The number of methoxy groups -OCH3 is 2. The average molecular weight is 372 g/mol. The molecule has 140 valence electrons. The van der Waals surface area contributed by atoms with Crippen LogP contribution in [-0.4, -0.2) is 30.4 Å². The third-order valence-electron chi connectivity index (χ3n) is 3.90. The number of carbonyl (C=O) groups excluding carboxylic acids is 1. The van der Waals surface area contributed by atoms with Crippen molar-refractivity contribution in [3.63, 3.8) is 0 Å². The monoisotopic (exact) mass is 372 g/mol. The summed E-state index contributed by atoms with van der Waals surface area (Å²) >= 11 is 0. The number of rotatable bonds is 4. The van der Waals surface area contributed by atoms with Crippen molar-refractivity contribution >= 4 is 16.9 Å². The highest BCUT2D eigenvalue weighted by Gasteiger charge is 2.23. The zero-order valence-corrected chi connectivity index (χ0v) is 14.7. The maximum Gasteiger partial charge on any atom is 0.308 e. The average Bonchev–Trinajstić information content (AvgIpc) is 2.63. The molecule has 2 aromatic carbocycles. The molecule has 3 aromatic rings. The van der Waals surface area contributed by atoms with E-state index >= 15 is 0 Å². The van der Waals surface area contributed by atoms with Gasteiger partial charge in [0.25, 0.3) is 0 Å². The Balaban J connectivity index is 2.35. The molecule has 0 aliphatic heterocycles. The lowest BCUT2D eigenvalue weighted by Crippen LogP contribution is -2.10. The Bertz CT molecular complexity index is 1100. The van der Waals surface area contributed by atoms with Crippen molar-refractivity contribution in [1.29, 1.82) is 0 Å². The molecule has 8 nitrogen and oxygen atoms in total. The van der Waals surface area contributed by atoms with Crippen LogP contribution in [-0.2, 0) is 4.79 Å². The van der Waals surface area contributed by atoms with Gasteiger partial charge in [0.15, 0.2) is 23.0 Å². The van der Waals surface area contributed by atoms with E-state index in [1.807, 2.05) is 0 Å². The number of hydrogen-bond donors (Lipinski definition) is 2. The van der Waals surface area contributed by atoms with E-state index in [1.54, 1.807) is 0 Å². The largest absolute Gasteiger partial charge is 0.504 e. The van der Waals surface area contributed by atoms with Crippen LogP contribution in [0, 0.1) is 0 Å². The normalized spacial score (nSPS) is 10.6. The standard InChI is InChI=1S/C19H16O8/c1-9(20)27-18-15(24-2)7-14-16(19(18)25-3)17(23)11(8-26-14)10-4-5-12(21)13(22)6-10/h4-8,21-22H,1-3H3. The van der Waals surface area contributed by atoms with Gasteiger partial charge in [-0.25, -0.2) is 0 Å². The summed E-state index contributed by atoms with van der Waals surface area (Å²) in [6, 6.07) is 5.35. The minimum Gasteiger partial charge on any atom is -0.504 e. The molecular weight excluding hydrogens is 356 g/mol. The molecule has 0 aliphatic rings. The highest BCUT2D eigenvalue weighted by atomic mass is 16.6. The van der Waals surface area contributed by atoms with E-state index in [2.05, 4.69) is 0 Å². The number of benzene rings is 2. The minimum absolute atomic E-state index is 0.0156. The molecule has 0 atom stereocenters. The fourth-order valence-electron chi connectivity index (χ4n) is 2.69. The number of fused-ring (bicyclic) bond motifs is 1. The maximum atomic E-state index is 13.1. The zero-order valence-electron chi connectivity index (χ0n) is 14.7. The first-order valence-corrected chi connectivity index (χ1v) is 7.78. The van der Waals surface area contributed by atoms with Crippen LogP contribution in [0.2, 0.25) is 0 Å². The Morgan fingerprint density at radius 3 is 2.37 bits per heavy atom. The van der Waals surface area contributed by atoms with Gasteiger partial charge in [0.1, 0.15) is 17.2 Å². The first-order valence-electron chi connectivity index (χ1n) is 7.78. The van der Waals surface area contributed by atoms with Crippen LogP contribution in [0.1, 0.15) is 6.92 Å². The molecule has 8 heteroatoms. The number of carbonyl (C=O) groups is 1. The second-order valence-corrected chi connectivity index (χ2v) is 5.59. The summed E-state index contributed by atoms with van der Waals surface area (Å²) in [5, 5.41) is 19.2. The molecule has 0 fully saturated rings. The SMILES string of the molecule is COc1cc2occ(-c3ccc(O)c(O)c3)c(=O)c2c(OC)c1OC(C)=O. The van der Waals surface area contributed by atoms with E-state index < -0.39 is 11.4 Å². The molecule has 0 bridgehead atoms. The van der Waals surface area contributed by atoms with Gasteiger partial charge in [-0.05, 0) is 17.7 Å². The van der Waals surface area contributed by atoms with Crippen LogP contribution >= 0.6 is 0 Å². The molecule has 1 heterocycles. The molecule has 1 aromatic heterocycles. The predicted molar refractivity (Wildman–Crippen MR) is 95.7 cm³/mol. The lowest BCUT2D eigenvalue weighted by molar-refractivity contribution is -0.132. The van der Waals surface area contributed by atoms with Crippen LogP contribution < -0.4 is 19.6 Å². The van der Waals surface area contributed by atoms with Gasteiger partial charge in [-0.3, -0.25) is 9.59 Å². The number of phenols is 2. The van der Waals surface area contributed by atoms with Crippen molar-refractivity contribution in [2.45, 2.75) is 6.92 Å². The van der Waals surface area contributed by atoms with Crippen molar-refractivity contribution in [1.82, 2.24) is 0 Å². The van der Waals surface area contributed by atoms with Gasteiger partial charge in [-0.2, -0.15) is 0 Å². The Labute approximate surface area is 153 Å². The second-order valence-electron chi connectivity index (χ2n) is 5.59. The van der Waals surface area contributed by atoms with E-state index in [1.165, 1.54) is 51.7 Å². The minimum atomic E-state index is -0.616. The topological polar surface area (TPSA) is 115 Å². The smallest absolute Gasteiger partial charge is 0.308 e. The summed E-state index contributed by atoms with van der Waals surface area (Å²) in [4.78, 5) is 24.5. The third kappa shape index (κ3) is 3.12. The number of phenolic OH excluding ortho intramolecular Hbond substituents is 2. The Morgan fingerprint density at radius 1 is 1.04 bits per heavy atom. The number of esters is 1. The van der Waals surface area contributed by atoms with Gasteiger partial charge >= 0.3 is 5.97 Å². The molecule has 0 radical (unpaired) electrons. The third-order valence-corrected chi connectivity index (χ3v) is 3.90. The molecule has 0 unspecified atom stereocenters. The van der Waals surface area contributed by atoms with Crippen molar-refractivity contribution in [2.24, 2.45) is 0 Å². The van der Waals surface area contributed by atoms with Gasteiger partial charge in [-0.1, -0.05) is 6.07 Å².